The maximum atomic E-state index is 12.2. The van der Waals surface area contributed by atoms with E-state index < -0.39 is 22.7 Å². The van der Waals surface area contributed by atoms with E-state index in [1.54, 1.807) is 6.92 Å². The Bertz CT molecular complexity index is 1070. The van der Waals surface area contributed by atoms with Crippen LogP contribution in [0.2, 0.25) is 0 Å². The maximum absolute atomic E-state index is 12.2. The number of benzene rings is 2. The van der Waals surface area contributed by atoms with Crippen molar-refractivity contribution >= 4 is 28.5 Å². The van der Waals surface area contributed by atoms with Gasteiger partial charge in [-0.15, -0.1) is 0 Å². The van der Waals surface area contributed by atoms with Gasteiger partial charge in [-0.2, -0.15) is 0 Å². The highest BCUT2D eigenvalue weighted by Crippen LogP contribution is 2.21. The Hall–Kier alpha value is -3.75. The van der Waals surface area contributed by atoms with Crippen molar-refractivity contribution in [2.45, 2.75) is 19.9 Å². The first-order valence-electron chi connectivity index (χ1n) is 8.99. The molecule has 0 saturated carbocycles. The number of rotatable bonds is 8. The van der Waals surface area contributed by atoms with Gasteiger partial charge in [-0.25, -0.2) is 0 Å². The van der Waals surface area contributed by atoms with Crippen molar-refractivity contribution in [1.82, 2.24) is 14.9 Å². The Kier molecular flexibility index (Phi) is 5.87. The van der Waals surface area contributed by atoms with E-state index in [-0.39, 0.29) is 25.3 Å². The number of aromatic nitrogens is 2. The molecule has 2 aromatic carbocycles. The molecule has 0 spiro atoms. The molecule has 1 heterocycles. The number of imidazole rings is 1. The number of hydrogen-bond donors (Lipinski definition) is 2. The number of aliphatic carboxylic acids is 1. The maximum Gasteiger partial charge on any atom is 0.381 e. The second kappa shape index (κ2) is 8.51. The van der Waals surface area contributed by atoms with Crippen molar-refractivity contribution in [2.24, 2.45) is 5.92 Å². The molecule has 0 radical (unpaired) electrons. The molecular weight excluding hydrogens is 376 g/mol. The smallest absolute Gasteiger partial charge is 0.381 e. The number of nitro groups is 1. The molecule has 3 rings (SSSR count). The van der Waals surface area contributed by atoms with E-state index >= 15 is 0 Å². The van der Waals surface area contributed by atoms with Gasteiger partial charge in [0.2, 0.25) is 11.7 Å². The first-order chi connectivity index (χ1) is 13.8. The molecule has 2 N–H and O–H groups in total. The number of nitrogens with zero attached hydrogens (tertiary/aromatic N) is 3. The lowest BCUT2D eigenvalue weighted by Crippen LogP contribution is -2.36. The third-order valence-electron chi connectivity index (χ3n) is 4.71. The molecule has 29 heavy (non-hydrogen) atoms. The fraction of sp³-hybridized carbons (Fsp3) is 0.250. The molecule has 9 nitrogen and oxygen atoms in total. The van der Waals surface area contributed by atoms with Crippen molar-refractivity contribution in [3.05, 3.63) is 70.2 Å². The number of hydrogen-bond acceptors (Lipinski definition) is 5. The van der Waals surface area contributed by atoms with E-state index in [4.69, 9.17) is 0 Å². The highest BCUT2D eigenvalue weighted by molar-refractivity contribution is 5.86. The minimum absolute atomic E-state index is 0.0484. The van der Waals surface area contributed by atoms with Crippen LogP contribution in [0.25, 0.3) is 10.8 Å². The lowest BCUT2D eigenvalue weighted by molar-refractivity contribution is -0.389. The van der Waals surface area contributed by atoms with Gasteiger partial charge >= 0.3 is 11.8 Å². The quantitative estimate of drug-likeness (QED) is 0.444. The third-order valence-corrected chi connectivity index (χ3v) is 4.71. The molecule has 3 aromatic rings. The Balaban J connectivity index is 1.66. The predicted octanol–water partition coefficient (Wildman–Crippen LogP) is 2.31. The van der Waals surface area contributed by atoms with Gasteiger partial charge in [0, 0.05) is 13.5 Å². The lowest BCUT2D eigenvalue weighted by atomic mass is 9.95. The summed E-state index contributed by atoms with van der Waals surface area (Å²) < 4.78 is 1.36. The van der Waals surface area contributed by atoms with Crippen LogP contribution in [0.4, 0.5) is 5.82 Å². The number of carbonyl (C=O) groups is 2. The van der Waals surface area contributed by atoms with Crippen LogP contribution in [0, 0.1) is 23.0 Å². The number of fused-ring (bicyclic) bond motifs is 1. The number of nitrogens with one attached hydrogen (secondary N) is 1. The van der Waals surface area contributed by atoms with E-state index in [1.807, 2.05) is 42.5 Å². The third kappa shape index (κ3) is 4.75. The Morgan fingerprint density at radius 3 is 2.66 bits per heavy atom. The normalized spacial score (nSPS) is 11.9. The molecule has 0 aliphatic carbocycles. The Morgan fingerprint density at radius 2 is 1.97 bits per heavy atom. The number of amides is 1. The predicted molar refractivity (Wildman–Crippen MR) is 105 cm³/mol. The summed E-state index contributed by atoms with van der Waals surface area (Å²) in [6.45, 7) is 1.33. The zero-order valence-corrected chi connectivity index (χ0v) is 15.7. The first kappa shape index (κ1) is 20.0. The zero-order valence-electron chi connectivity index (χ0n) is 15.7. The van der Waals surface area contributed by atoms with Gasteiger partial charge < -0.3 is 20.5 Å². The number of aryl methyl sites for hydroxylation is 1. The second-order valence-corrected chi connectivity index (χ2v) is 6.71. The van der Waals surface area contributed by atoms with Gasteiger partial charge in [-0.05, 0) is 32.7 Å². The van der Waals surface area contributed by atoms with Crippen LogP contribution < -0.4 is 5.32 Å². The SMILES string of the molecule is Cc1nc([N+](=O)[O-])cn1CC(=O)NCC(Cc1cccc2ccccc12)C(=O)O. The average molecular weight is 396 g/mol. The number of carboxylic acid groups (broad SMARTS) is 1. The molecule has 0 aliphatic heterocycles. The van der Waals surface area contributed by atoms with Crippen molar-refractivity contribution in [1.29, 1.82) is 0 Å². The zero-order chi connectivity index (χ0) is 21.0. The van der Waals surface area contributed by atoms with Crippen LogP contribution in [-0.2, 0) is 22.6 Å². The van der Waals surface area contributed by atoms with Gasteiger partial charge in [-0.1, -0.05) is 42.5 Å². The molecule has 9 heteroatoms. The summed E-state index contributed by atoms with van der Waals surface area (Å²) in [5.74, 6) is -2.26. The van der Waals surface area contributed by atoms with Crippen LogP contribution in [0.3, 0.4) is 0 Å². The summed E-state index contributed by atoms with van der Waals surface area (Å²) >= 11 is 0. The summed E-state index contributed by atoms with van der Waals surface area (Å²) in [5.41, 5.74) is 0.894. The molecule has 150 valence electrons. The summed E-state index contributed by atoms with van der Waals surface area (Å²) in [4.78, 5) is 37.8. The highest BCUT2D eigenvalue weighted by atomic mass is 16.6. The van der Waals surface area contributed by atoms with E-state index in [2.05, 4.69) is 10.3 Å². The van der Waals surface area contributed by atoms with Crippen molar-refractivity contribution in [3.63, 3.8) is 0 Å². The van der Waals surface area contributed by atoms with Crippen LogP contribution in [0.1, 0.15) is 11.4 Å². The van der Waals surface area contributed by atoms with E-state index in [9.17, 15) is 24.8 Å². The minimum atomic E-state index is -1.01. The molecule has 1 unspecified atom stereocenters. The monoisotopic (exact) mass is 396 g/mol. The molecule has 1 aromatic heterocycles. The van der Waals surface area contributed by atoms with Gasteiger partial charge in [0.15, 0.2) is 0 Å². The molecular formula is C20H20N4O5. The van der Waals surface area contributed by atoms with E-state index in [0.717, 1.165) is 16.3 Å². The van der Waals surface area contributed by atoms with Gasteiger partial charge in [0.05, 0.1) is 5.92 Å². The van der Waals surface area contributed by atoms with Crippen LogP contribution >= 0.6 is 0 Å². The van der Waals surface area contributed by atoms with Crippen molar-refractivity contribution in [3.8, 4) is 0 Å². The topological polar surface area (TPSA) is 127 Å². The standard InChI is InChI=1S/C20H20N4O5/c1-13-22-18(24(28)29)11-23(13)12-19(25)21-10-16(20(26)27)9-15-7-4-6-14-5-2-3-8-17(14)15/h2-8,11,16H,9-10,12H2,1H3,(H,21,25)(H,26,27). The molecule has 0 aliphatic rings. The Morgan fingerprint density at radius 1 is 1.24 bits per heavy atom. The second-order valence-electron chi connectivity index (χ2n) is 6.71. The van der Waals surface area contributed by atoms with Crippen LogP contribution in [0.5, 0.6) is 0 Å². The highest BCUT2D eigenvalue weighted by Gasteiger charge is 2.21. The number of carbonyl (C=O) groups excluding carboxylic acids is 1. The number of carboxylic acids is 1. The molecule has 1 amide bonds. The van der Waals surface area contributed by atoms with Crippen molar-refractivity contribution in [2.75, 3.05) is 6.54 Å². The summed E-state index contributed by atoms with van der Waals surface area (Å²) in [7, 11) is 0. The summed E-state index contributed by atoms with van der Waals surface area (Å²) in [6, 6.07) is 13.4. The Labute approximate surface area is 166 Å². The van der Waals surface area contributed by atoms with E-state index in [1.165, 1.54) is 10.8 Å². The fourth-order valence-corrected chi connectivity index (χ4v) is 3.17. The summed E-state index contributed by atoms with van der Waals surface area (Å²) in [5, 5.41) is 25.0. The molecule has 0 bridgehead atoms. The average Bonchev–Trinajstić information content (AvgIpc) is 3.05. The largest absolute Gasteiger partial charge is 0.481 e. The summed E-state index contributed by atoms with van der Waals surface area (Å²) in [6.07, 6.45) is 1.45. The molecule has 0 saturated heterocycles. The first-order valence-corrected chi connectivity index (χ1v) is 8.99. The van der Waals surface area contributed by atoms with E-state index in [0.29, 0.717) is 5.82 Å². The minimum Gasteiger partial charge on any atom is -0.481 e. The molecule has 1 atom stereocenters. The fourth-order valence-electron chi connectivity index (χ4n) is 3.17. The lowest BCUT2D eigenvalue weighted by Gasteiger charge is -2.15. The van der Waals surface area contributed by atoms with Crippen LogP contribution in [0.15, 0.2) is 48.7 Å². The van der Waals surface area contributed by atoms with Gasteiger partial charge in [-0.3, -0.25) is 14.2 Å². The van der Waals surface area contributed by atoms with Gasteiger partial charge in [0.25, 0.3) is 0 Å². The van der Waals surface area contributed by atoms with Crippen molar-refractivity contribution < 1.29 is 19.6 Å². The van der Waals surface area contributed by atoms with Gasteiger partial charge in [0.1, 0.15) is 12.7 Å². The van der Waals surface area contributed by atoms with Crippen LogP contribution in [-0.4, -0.2) is 38.0 Å². The molecule has 0 fully saturated rings.